The molecule has 0 radical (unpaired) electrons. The van der Waals surface area contributed by atoms with Gasteiger partial charge in [-0.25, -0.2) is 0 Å². The SMILES string of the molecule is C=CCNC(=O)c1cncc(C(=O)Nc2ccc(OC)c(OC)c2)c1. The summed E-state index contributed by atoms with van der Waals surface area (Å²) < 4.78 is 10.4. The number of benzene rings is 1. The van der Waals surface area contributed by atoms with Crippen molar-refractivity contribution in [1.29, 1.82) is 0 Å². The number of methoxy groups -OCH3 is 2. The van der Waals surface area contributed by atoms with Crippen LogP contribution in [0.3, 0.4) is 0 Å². The van der Waals surface area contributed by atoms with E-state index in [0.717, 1.165) is 0 Å². The van der Waals surface area contributed by atoms with Gasteiger partial charge in [0.15, 0.2) is 11.5 Å². The number of carbonyl (C=O) groups excluding carboxylic acids is 2. The van der Waals surface area contributed by atoms with Crippen molar-refractivity contribution in [2.75, 3.05) is 26.1 Å². The van der Waals surface area contributed by atoms with Gasteiger partial charge in [-0.3, -0.25) is 14.6 Å². The van der Waals surface area contributed by atoms with Crippen molar-refractivity contribution >= 4 is 17.5 Å². The van der Waals surface area contributed by atoms with Gasteiger partial charge < -0.3 is 20.1 Å². The fourth-order valence-electron chi connectivity index (χ4n) is 2.07. The fraction of sp³-hybridized carbons (Fsp3) is 0.167. The van der Waals surface area contributed by atoms with Gasteiger partial charge in [0.25, 0.3) is 11.8 Å². The Morgan fingerprint density at radius 3 is 2.40 bits per heavy atom. The van der Waals surface area contributed by atoms with Gasteiger partial charge in [0.2, 0.25) is 0 Å². The van der Waals surface area contributed by atoms with E-state index in [2.05, 4.69) is 22.2 Å². The Labute approximate surface area is 145 Å². The highest BCUT2D eigenvalue weighted by molar-refractivity contribution is 6.06. The Bertz CT molecular complexity index is 790. The van der Waals surface area contributed by atoms with Crippen LogP contribution in [0, 0.1) is 0 Å². The second-order valence-corrected chi connectivity index (χ2v) is 4.98. The number of anilines is 1. The Hall–Kier alpha value is -3.35. The number of pyridine rings is 1. The molecule has 2 amide bonds. The molecule has 7 nitrogen and oxygen atoms in total. The van der Waals surface area contributed by atoms with Gasteiger partial charge in [0, 0.05) is 30.7 Å². The zero-order valence-electron chi connectivity index (χ0n) is 14.0. The zero-order valence-corrected chi connectivity index (χ0v) is 14.0. The van der Waals surface area contributed by atoms with Crippen LogP contribution in [-0.2, 0) is 0 Å². The molecule has 7 heteroatoms. The molecule has 0 aliphatic carbocycles. The first-order valence-electron chi connectivity index (χ1n) is 7.46. The zero-order chi connectivity index (χ0) is 18.2. The maximum Gasteiger partial charge on any atom is 0.257 e. The van der Waals surface area contributed by atoms with E-state index < -0.39 is 5.91 Å². The van der Waals surface area contributed by atoms with E-state index in [4.69, 9.17) is 9.47 Å². The smallest absolute Gasteiger partial charge is 0.257 e. The highest BCUT2D eigenvalue weighted by Gasteiger charge is 2.12. The van der Waals surface area contributed by atoms with Crippen molar-refractivity contribution in [1.82, 2.24) is 10.3 Å². The van der Waals surface area contributed by atoms with Crippen LogP contribution in [0.1, 0.15) is 20.7 Å². The molecule has 1 aromatic heterocycles. The Morgan fingerprint density at radius 1 is 1.08 bits per heavy atom. The second kappa shape index (κ2) is 8.49. The molecule has 0 atom stereocenters. The summed E-state index contributed by atoms with van der Waals surface area (Å²) in [5.41, 5.74) is 1.09. The molecule has 1 heterocycles. The van der Waals surface area contributed by atoms with Crippen LogP contribution in [0.4, 0.5) is 5.69 Å². The standard InChI is InChI=1S/C18H19N3O4/c1-4-7-20-17(22)12-8-13(11-19-10-12)18(23)21-14-5-6-15(24-2)16(9-14)25-3/h4-6,8-11H,1,7H2,2-3H3,(H,20,22)(H,21,23). The number of aromatic nitrogens is 1. The van der Waals surface area contributed by atoms with Crippen molar-refractivity contribution in [2.24, 2.45) is 0 Å². The summed E-state index contributed by atoms with van der Waals surface area (Å²) in [6, 6.07) is 6.49. The first-order valence-corrected chi connectivity index (χ1v) is 7.46. The molecule has 25 heavy (non-hydrogen) atoms. The molecule has 2 N–H and O–H groups in total. The minimum Gasteiger partial charge on any atom is -0.493 e. The molecule has 2 aromatic rings. The van der Waals surface area contributed by atoms with Gasteiger partial charge in [0.1, 0.15) is 0 Å². The number of carbonyl (C=O) groups is 2. The molecule has 0 fully saturated rings. The predicted molar refractivity (Wildman–Crippen MR) is 94.3 cm³/mol. The first kappa shape index (κ1) is 18.0. The highest BCUT2D eigenvalue weighted by atomic mass is 16.5. The van der Waals surface area contributed by atoms with E-state index in [1.807, 2.05) is 0 Å². The van der Waals surface area contributed by atoms with E-state index in [9.17, 15) is 9.59 Å². The Kier molecular flexibility index (Phi) is 6.11. The molecule has 0 spiro atoms. The molecule has 0 saturated heterocycles. The number of hydrogen-bond donors (Lipinski definition) is 2. The first-order chi connectivity index (χ1) is 12.1. The van der Waals surface area contributed by atoms with Gasteiger partial charge in [-0.2, -0.15) is 0 Å². The van der Waals surface area contributed by atoms with Crippen molar-refractivity contribution in [3.8, 4) is 11.5 Å². The monoisotopic (exact) mass is 341 g/mol. The molecule has 130 valence electrons. The number of ether oxygens (including phenoxy) is 2. The van der Waals surface area contributed by atoms with Crippen LogP contribution in [0.25, 0.3) is 0 Å². The Morgan fingerprint density at radius 2 is 1.76 bits per heavy atom. The summed E-state index contributed by atoms with van der Waals surface area (Å²) in [5, 5.41) is 5.36. The van der Waals surface area contributed by atoms with Crippen LogP contribution >= 0.6 is 0 Å². The fourth-order valence-corrected chi connectivity index (χ4v) is 2.07. The normalized spacial score (nSPS) is 9.84. The molecular formula is C18H19N3O4. The largest absolute Gasteiger partial charge is 0.493 e. The predicted octanol–water partition coefficient (Wildman–Crippen LogP) is 2.27. The third-order valence-electron chi connectivity index (χ3n) is 3.31. The lowest BCUT2D eigenvalue weighted by Gasteiger charge is -2.11. The molecule has 0 bridgehead atoms. The number of nitrogens with one attached hydrogen (secondary N) is 2. The number of nitrogens with zero attached hydrogens (tertiary/aromatic N) is 1. The summed E-state index contributed by atoms with van der Waals surface area (Å²) in [7, 11) is 3.05. The summed E-state index contributed by atoms with van der Waals surface area (Å²) in [5.74, 6) is 0.338. The van der Waals surface area contributed by atoms with Gasteiger partial charge in [0.05, 0.1) is 25.3 Å². The molecule has 0 saturated carbocycles. The van der Waals surface area contributed by atoms with Crippen molar-refractivity contribution in [3.63, 3.8) is 0 Å². The molecule has 0 unspecified atom stereocenters. The number of hydrogen-bond acceptors (Lipinski definition) is 5. The van der Waals surface area contributed by atoms with Crippen molar-refractivity contribution in [2.45, 2.75) is 0 Å². The summed E-state index contributed by atoms with van der Waals surface area (Å²) >= 11 is 0. The van der Waals surface area contributed by atoms with E-state index in [-0.39, 0.29) is 11.5 Å². The molecular weight excluding hydrogens is 322 g/mol. The summed E-state index contributed by atoms with van der Waals surface area (Å²) in [6.45, 7) is 3.87. The summed E-state index contributed by atoms with van der Waals surface area (Å²) in [6.07, 6.45) is 4.35. The van der Waals surface area contributed by atoms with Crippen LogP contribution in [0.2, 0.25) is 0 Å². The molecule has 1 aromatic carbocycles. The maximum atomic E-state index is 12.4. The number of amides is 2. The van der Waals surface area contributed by atoms with Crippen LogP contribution in [0.5, 0.6) is 11.5 Å². The van der Waals surface area contributed by atoms with E-state index in [0.29, 0.717) is 29.3 Å². The van der Waals surface area contributed by atoms with Gasteiger partial charge in [-0.15, -0.1) is 6.58 Å². The quantitative estimate of drug-likeness (QED) is 0.754. The third kappa shape index (κ3) is 4.57. The Balaban J connectivity index is 2.15. The topological polar surface area (TPSA) is 89.6 Å². The highest BCUT2D eigenvalue weighted by Crippen LogP contribution is 2.29. The van der Waals surface area contributed by atoms with E-state index >= 15 is 0 Å². The second-order valence-electron chi connectivity index (χ2n) is 4.98. The lowest BCUT2D eigenvalue weighted by molar-refractivity contribution is 0.0957. The van der Waals surface area contributed by atoms with Gasteiger partial charge >= 0.3 is 0 Å². The molecule has 0 aliphatic heterocycles. The van der Waals surface area contributed by atoms with E-state index in [1.165, 1.54) is 32.7 Å². The van der Waals surface area contributed by atoms with Gasteiger partial charge in [-0.05, 0) is 18.2 Å². The van der Waals surface area contributed by atoms with Crippen LogP contribution in [-0.4, -0.2) is 37.6 Å². The van der Waals surface area contributed by atoms with Gasteiger partial charge in [-0.1, -0.05) is 6.08 Å². The third-order valence-corrected chi connectivity index (χ3v) is 3.31. The van der Waals surface area contributed by atoms with Crippen molar-refractivity contribution < 1.29 is 19.1 Å². The average Bonchev–Trinajstić information content (AvgIpc) is 2.65. The number of rotatable bonds is 7. The van der Waals surface area contributed by atoms with E-state index in [1.54, 1.807) is 24.3 Å². The molecule has 2 rings (SSSR count). The minimum absolute atomic E-state index is 0.265. The lowest BCUT2D eigenvalue weighted by atomic mass is 10.1. The molecule has 0 aliphatic rings. The van der Waals surface area contributed by atoms with Crippen LogP contribution < -0.4 is 20.1 Å². The lowest BCUT2D eigenvalue weighted by Crippen LogP contribution is -2.24. The van der Waals surface area contributed by atoms with Crippen molar-refractivity contribution in [3.05, 3.63) is 60.4 Å². The summed E-state index contributed by atoms with van der Waals surface area (Å²) in [4.78, 5) is 28.3. The average molecular weight is 341 g/mol. The van der Waals surface area contributed by atoms with Crippen LogP contribution in [0.15, 0.2) is 49.3 Å². The maximum absolute atomic E-state index is 12.4. The minimum atomic E-state index is -0.391.